The molecule has 2 aromatic rings. The lowest BCUT2D eigenvalue weighted by Gasteiger charge is -1.99. The van der Waals surface area contributed by atoms with Crippen LogP contribution in [-0.4, -0.2) is 4.98 Å². The molecule has 0 saturated heterocycles. The van der Waals surface area contributed by atoms with Crippen molar-refractivity contribution in [3.8, 4) is 11.3 Å². The molecule has 13 heavy (non-hydrogen) atoms. The molecule has 0 N–H and O–H groups in total. The van der Waals surface area contributed by atoms with E-state index in [-0.39, 0.29) is 5.82 Å². The highest BCUT2D eigenvalue weighted by atomic mass is 19.1. The van der Waals surface area contributed by atoms with Gasteiger partial charge in [-0.1, -0.05) is 18.2 Å². The monoisotopic (exact) mass is 172 g/mol. The summed E-state index contributed by atoms with van der Waals surface area (Å²) in [5, 5.41) is 0. The maximum absolute atomic E-state index is 13.2. The predicted octanol–water partition coefficient (Wildman–Crippen LogP) is 2.69. The van der Waals surface area contributed by atoms with E-state index < -0.39 is 0 Å². The molecule has 1 nitrogen and oxygen atoms in total. The van der Waals surface area contributed by atoms with Crippen molar-refractivity contribution in [3.05, 3.63) is 54.5 Å². The molecule has 0 unspecified atom stereocenters. The number of nitrogens with zero attached hydrogens (tertiary/aromatic N) is 1. The third kappa shape index (κ3) is 1.56. The fourth-order valence-electron chi connectivity index (χ4n) is 1.14. The van der Waals surface area contributed by atoms with Gasteiger partial charge in [0.15, 0.2) is 0 Å². The van der Waals surface area contributed by atoms with E-state index in [2.05, 4.69) is 11.1 Å². The fourth-order valence-corrected chi connectivity index (χ4v) is 1.14. The SMILES string of the molecule is Fc1[c]cccc1-c1ccccn1. The first-order chi connectivity index (χ1) is 6.38. The Hall–Kier alpha value is -1.70. The van der Waals surface area contributed by atoms with Gasteiger partial charge in [-0.3, -0.25) is 4.98 Å². The van der Waals surface area contributed by atoms with Crippen LogP contribution in [0.3, 0.4) is 0 Å². The van der Waals surface area contributed by atoms with E-state index in [1.54, 1.807) is 36.5 Å². The van der Waals surface area contributed by atoms with E-state index in [0.29, 0.717) is 11.3 Å². The quantitative estimate of drug-likeness (QED) is 0.644. The van der Waals surface area contributed by atoms with Crippen molar-refractivity contribution in [2.75, 3.05) is 0 Å². The molecular formula is C11H7FN. The van der Waals surface area contributed by atoms with Gasteiger partial charge in [0.1, 0.15) is 5.82 Å². The van der Waals surface area contributed by atoms with Gasteiger partial charge in [-0.15, -0.1) is 0 Å². The number of hydrogen-bond acceptors (Lipinski definition) is 1. The van der Waals surface area contributed by atoms with Crippen molar-refractivity contribution in [2.24, 2.45) is 0 Å². The second kappa shape index (κ2) is 3.35. The van der Waals surface area contributed by atoms with Crippen molar-refractivity contribution in [1.82, 2.24) is 4.98 Å². The maximum Gasteiger partial charge on any atom is 0.140 e. The smallest absolute Gasteiger partial charge is 0.140 e. The topological polar surface area (TPSA) is 12.9 Å². The maximum atomic E-state index is 13.2. The van der Waals surface area contributed by atoms with Crippen LogP contribution in [0.2, 0.25) is 0 Å². The molecule has 0 atom stereocenters. The lowest BCUT2D eigenvalue weighted by molar-refractivity contribution is 0.628. The normalized spacial score (nSPS) is 9.92. The van der Waals surface area contributed by atoms with Gasteiger partial charge in [0.05, 0.1) is 5.69 Å². The molecule has 0 spiro atoms. The summed E-state index contributed by atoms with van der Waals surface area (Å²) in [6, 6.07) is 12.9. The molecule has 63 valence electrons. The van der Waals surface area contributed by atoms with Crippen LogP contribution in [0.5, 0.6) is 0 Å². The Morgan fingerprint density at radius 3 is 2.77 bits per heavy atom. The van der Waals surface area contributed by atoms with Gasteiger partial charge in [-0.2, -0.15) is 0 Å². The van der Waals surface area contributed by atoms with Gasteiger partial charge in [0, 0.05) is 17.8 Å². The third-order valence-electron chi connectivity index (χ3n) is 1.75. The van der Waals surface area contributed by atoms with E-state index in [4.69, 9.17) is 0 Å². The molecule has 0 fully saturated rings. The lowest BCUT2D eigenvalue weighted by Crippen LogP contribution is -1.85. The molecule has 2 heteroatoms. The molecule has 0 saturated carbocycles. The molecule has 0 aliphatic carbocycles. The summed E-state index contributed by atoms with van der Waals surface area (Å²) in [5.74, 6) is -0.360. The second-order valence-corrected chi connectivity index (χ2v) is 2.61. The van der Waals surface area contributed by atoms with Gasteiger partial charge in [-0.05, 0) is 18.2 Å². The van der Waals surface area contributed by atoms with Gasteiger partial charge < -0.3 is 0 Å². The Labute approximate surface area is 75.9 Å². The summed E-state index contributed by atoms with van der Waals surface area (Å²) in [7, 11) is 0. The van der Waals surface area contributed by atoms with Gasteiger partial charge in [-0.25, -0.2) is 4.39 Å². The van der Waals surface area contributed by atoms with E-state index in [0.717, 1.165) is 0 Å². The van der Waals surface area contributed by atoms with Crippen molar-refractivity contribution >= 4 is 0 Å². The predicted molar refractivity (Wildman–Crippen MR) is 48.5 cm³/mol. The minimum atomic E-state index is -0.360. The van der Waals surface area contributed by atoms with Crippen LogP contribution in [0, 0.1) is 11.9 Å². The summed E-state index contributed by atoms with van der Waals surface area (Å²) >= 11 is 0. The van der Waals surface area contributed by atoms with Crippen LogP contribution in [0.4, 0.5) is 4.39 Å². The molecule has 0 aliphatic rings. The molecule has 1 aromatic heterocycles. The summed E-state index contributed by atoms with van der Waals surface area (Å²) in [6.45, 7) is 0. The fraction of sp³-hybridized carbons (Fsp3) is 0. The number of benzene rings is 1. The van der Waals surface area contributed by atoms with Gasteiger partial charge in [0.25, 0.3) is 0 Å². The zero-order chi connectivity index (χ0) is 9.10. The second-order valence-electron chi connectivity index (χ2n) is 2.61. The average Bonchev–Trinajstić information content (AvgIpc) is 2.20. The molecule has 1 heterocycles. The minimum absolute atomic E-state index is 0.360. The highest BCUT2D eigenvalue weighted by Gasteiger charge is 2.03. The first kappa shape index (κ1) is 7.92. The highest BCUT2D eigenvalue weighted by molar-refractivity contribution is 5.58. The number of aromatic nitrogens is 1. The number of rotatable bonds is 1. The standard InChI is InChI=1S/C11H7FN/c12-10-6-2-1-5-9(10)11-7-3-4-8-13-11/h1-5,7-8H. The van der Waals surface area contributed by atoms with Gasteiger partial charge >= 0.3 is 0 Å². The first-order valence-electron chi connectivity index (χ1n) is 3.95. The Balaban J connectivity index is 2.54. The zero-order valence-electron chi connectivity index (χ0n) is 6.87. The van der Waals surface area contributed by atoms with Crippen LogP contribution in [0.15, 0.2) is 42.6 Å². The summed E-state index contributed by atoms with van der Waals surface area (Å²) in [4.78, 5) is 4.05. The first-order valence-corrected chi connectivity index (χ1v) is 3.95. The van der Waals surface area contributed by atoms with Crippen LogP contribution < -0.4 is 0 Å². The number of hydrogen-bond donors (Lipinski definition) is 0. The van der Waals surface area contributed by atoms with Crippen molar-refractivity contribution in [2.45, 2.75) is 0 Å². The minimum Gasteiger partial charge on any atom is -0.256 e. The molecular weight excluding hydrogens is 165 g/mol. The molecule has 0 aliphatic heterocycles. The van der Waals surface area contributed by atoms with Crippen LogP contribution in [-0.2, 0) is 0 Å². The molecule has 0 amide bonds. The van der Waals surface area contributed by atoms with Crippen molar-refractivity contribution < 1.29 is 4.39 Å². The van der Waals surface area contributed by atoms with E-state index >= 15 is 0 Å². The molecule has 1 radical (unpaired) electrons. The largest absolute Gasteiger partial charge is 0.256 e. The Morgan fingerprint density at radius 1 is 1.15 bits per heavy atom. The Kier molecular flexibility index (Phi) is 2.04. The average molecular weight is 172 g/mol. The van der Waals surface area contributed by atoms with Crippen LogP contribution in [0.1, 0.15) is 0 Å². The Bertz CT molecular complexity index is 398. The summed E-state index contributed by atoms with van der Waals surface area (Å²) in [6.07, 6.45) is 1.64. The summed E-state index contributed by atoms with van der Waals surface area (Å²) < 4.78 is 13.2. The summed E-state index contributed by atoms with van der Waals surface area (Å²) in [5.41, 5.74) is 1.12. The number of halogens is 1. The molecule has 1 aromatic carbocycles. The highest BCUT2D eigenvalue weighted by Crippen LogP contribution is 2.18. The molecule has 0 bridgehead atoms. The van der Waals surface area contributed by atoms with Crippen LogP contribution in [0.25, 0.3) is 11.3 Å². The number of pyridine rings is 1. The van der Waals surface area contributed by atoms with Gasteiger partial charge in [0.2, 0.25) is 0 Å². The lowest BCUT2D eigenvalue weighted by atomic mass is 10.1. The Morgan fingerprint density at radius 2 is 2.08 bits per heavy atom. The van der Waals surface area contributed by atoms with Crippen molar-refractivity contribution in [3.63, 3.8) is 0 Å². The zero-order valence-corrected chi connectivity index (χ0v) is 6.87. The third-order valence-corrected chi connectivity index (χ3v) is 1.75. The van der Waals surface area contributed by atoms with Crippen LogP contribution >= 0.6 is 0 Å². The van der Waals surface area contributed by atoms with Crippen molar-refractivity contribution in [1.29, 1.82) is 0 Å². The van der Waals surface area contributed by atoms with E-state index in [1.807, 2.05) is 6.07 Å². The van der Waals surface area contributed by atoms with E-state index in [1.165, 1.54) is 0 Å². The molecule has 2 rings (SSSR count). The van der Waals surface area contributed by atoms with E-state index in [9.17, 15) is 4.39 Å².